The van der Waals surface area contributed by atoms with Gasteiger partial charge in [0.05, 0.1) is 0 Å². The van der Waals surface area contributed by atoms with Gasteiger partial charge in [0, 0.05) is 0 Å². The maximum atomic E-state index is 9.60. The van der Waals surface area contributed by atoms with E-state index in [0.29, 0.717) is 5.39 Å². The first kappa shape index (κ1) is 8.88. The molecule has 3 heteroatoms. The van der Waals surface area contributed by atoms with Crippen molar-refractivity contribution in [3.63, 3.8) is 0 Å². The van der Waals surface area contributed by atoms with E-state index < -0.39 is 0 Å². The fourth-order valence-corrected chi connectivity index (χ4v) is 2.12. The van der Waals surface area contributed by atoms with Crippen molar-refractivity contribution < 1.29 is 10.2 Å². The molecule has 0 aromatic heterocycles. The summed E-state index contributed by atoms with van der Waals surface area (Å²) in [7, 11) is 0. The van der Waals surface area contributed by atoms with E-state index in [4.69, 9.17) is 0 Å². The van der Waals surface area contributed by atoms with Crippen LogP contribution in [0.1, 0.15) is 0 Å². The summed E-state index contributed by atoms with van der Waals surface area (Å²) in [4.78, 5) is 0. The van der Waals surface area contributed by atoms with Crippen molar-refractivity contribution in [3.05, 3.63) is 30.3 Å². The molecule has 0 atom stereocenters. The van der Waals surface area contributed by atoms with Gasteiger partial charge in [0.1, 0.15) is 0 Å². The van der Waals surface area contributed by atoms with E-state index in [-0.39, 0.29) is 11.5 Å². The number of phenolic OH excluding ortho intramolecular Hbond substituents is 2. The number of aromatic hydroxyl groups is 2. The molecule has 0 unspecified atom stereocenters. The summed E-state index contributed by atoms with van der Waals surface area (Å²) in [6.07, 6.45) is 0. The second kappa shape index (κ2) is 3.22. The maximum absolute atomic E-state index is 9.60. The molecule has 0 aliphatic heterocycles. The van der Waals surface area contributed by atoms with Crippen molar-refractivity contribution in [3.8, 4) is 11.5 Å². The molecule has 0 heterocycles. The van der Waals surface area contributed by atoms with Crippen LogP contribution in [0, 0.1) is 0 Å². The van der Waals surface area contributed by atoms with Gasteiger partial charge in [-0.1, -0.05) is 0 Å². The molecule has 2 N–H and O–H groups in total. The van der Waals surface area contributed by atoms with Crippen LogP contribution in [0.5, 0.6) is 11.5 Å². The summed E-state index contributed by atoms with van der Waals surface area (Å²) in [6.45, 7) is 0. The Balaban J connectivity index is 2.94. The Labute approximate surface area is 93.2 Å². The van der Waals surface area contributed by atoms with Gasteiger partial charge in [-0.05, 0) is 0 Å². The zero-order chi connectivity index (χ0) is 9.42. The second-order valence-electron chi connectivity index (χ2n) is 3.16. The van der Waals surface area contributed by atoms with Gasteiger partial charge in [0.2, 0.25) is 0 Å². The molecule has 2 aromatic rings. The van der Waals surface area contributed by atoms with Crippen LogP contribution in [0.3, 0.4) is 0 Å². The molecule has 0 bridgehead atoms. The summed E-state index contributed by atoms with van der Waals surface area (Å²) in [5, 5.41) is 20.5. The summed E-state index contributed by atoms with van der Waals surface area (Å²) in [5.74, 6) is 0.303. The Morgan fingerprint density at radius 1 is 1.00 bits per heavy atom. The van der Waals surface area contributed by atoms with Crippen LogP contribution >= 0.6 is 0 Å². The van der Waals surface area contributed by atoms with Crippen LogP contribution in [-0.4, -0.2) is 38.1 Å². The average molecular weight is 182 g/mol. The molecule has 0 saturated heterocycles. The van der Waals surface area contributed by atoms with Gasteiger partial charge in [0.15, 0.2) is 0 Å². The molecule has 0 aliphatic rings. The standard InChI is InChI=1S/C10H7O2.Na/c11-8-5-1-3-7-4-2-6-9(12)10(7)8;/h1,3-6,11-12H;. The SMILES string of the molecule is Oc1cccc2c[c]([Na])cc(O)c12. The van der Waals surface area contributed by atoms with E-state index in [0.717, 1.165) is 36.1 Å². The average Bonchev–Trinajstić information content (AvgIpc) is 2.02. The first-order valence-corrected chi connectivity index (χ1v) is 5.10. The Kier molecular flexibility index (Phi) is 2.20. The first-order chi connectivity index (χ1) is 6.18. The molecule has 0 amide bonds. The molecule has 0 aliphatic carbocycles. The molecule has 13 heavy (non-hydrogen) atoms. The summed E-state index contributed by atoms with van der Waals surface area (Å²) in [5.41, 5.74) is 0. The third-order valence-corrected chi connectivity index (χ3v) is 2.66. The second-order valence-corrected chi connectivity index (χ2v) is 4.31. The Morgan fingerprint density at radius 2 is 1.77 bits per heavy atom. The van der Waals surface area contributed by atoms with Crippen LogP contribution in [0.25, 0.3) is 10.8 Å². The minimum absolute atomic E-state index is 0.136. The summed E-state index contributed by atoms with van der Waals surface area (Å²) in [6, 6.07) is 8.93. The van der Waals surface area contributed by atoms with Crippen molar-refractivity contribution in [1.82, 2.24) is 0 Å². The fraction of sp³-hybridized carbons (Fsp3) is 0. The zero-order valence-corrected chi connectivity index (χ0v) is 9.28. The third-order valence-electron chi connectivity index (χ3n) is 2.08. The van der Waals surface area contributed by atoms with Gasteiger partial charge in [-0.25, -0.2) is 0 Å². The number of benzene rings is 2. The molecule has 2 rings (SSSR count). The van der Waals surface area contributed by atoms with Gasteiger partial charge in [0.25, 0.3) is 0 Å². The molecular formula is C10H7NaO2. The minimum atomic E-state index is 0.136. The van der Waals surface area contributed by atoms with Gasteiger partial charge in [-0.3, -0.25) is 0 Å². The predicted octanol–water partition coefficient (Wildman–Crippen LogP) is 1.04. The van der Waals surface area contributed by atoms with Gasteiger partial charge < -0.3 is 0 Å². The van der Waals surface area contributed by atoms with E-state index in [1.165, 1.54) is 0 Å². The van der Waals surface area contributed by atoms with Crippen LogP contribution in [-0.2, 0) is 0 Å². The molecule has 0 fully saturated rings. The molecule has 60 valence electrons. The van der Waals surface area contributed by atoms with Crippen LogP contribution in [0.15, 0.2) is 30.3 Å². The van der Waals surface area contributed by atoms with E-state index >= 15 is 0 Å². The van der Waals surface area contributed by atoms with Crippen LogP contribution in [0.2, 0.25) is 0 Å². The molecule has 2 aromatic carbocycles. The van der Waals surface area contributed by atoms with Crippen molar-refractivity contribution in [2.45, 2.75) is 0 Å². The van der Waals surface area contributed by atoms with Crippen LogP contribution in [0.4, 0.5) is 0 Å². The van der Waals surface area contributed by atoms with Crippen molar-refractivity contribution >= 4 is 41.5 Å². The Morgan fingerprint density at radius 3 is 2.54 bits per heavy atom. The zero-order valence-electron chi connectivity index (χ0n) is 7.28. The molecule has 0 spiro atoms. The van der Waals surface area contributed by atoms with Crippen molar-refractivity contribution in [2.24, 2.45) is 0 Å². The van der Waals surface area contributed by atoms with Gasteiger partial charge in [-0.15, -0.1) is 0 Å². The quantitative estimate of drug-likeness (QED) is 0.598. The first-order valence-electron chi connectivity index (χ1n) is 4.10. The number of fused-ring (bicyclic) bond motifs is 1. The molecule has 2 nitrogen and oxygen atoms in total. The predicted molar refractivity (Wildman–Crippen MR) is 52.7 cm³/mol. The molecular weight excluding hydrogens is 175 g/mol. The number of hydrogen-bond acceptors (Lipinski definition) is 2. The normalized spacial score (nSPS) is 10.6. The Bertz CT molecular complexity index is 466. The number of phenols is 2. The summed E-state index contributed by atoms with van der Waals surface area (Å²) < 4.78 is 1.12. The molecule has 0 saturated carbocycles. The van der Waals surface area contributed by atoms with Gasteiger partial charge in [-0.2, -0.15) is 0 Å². The fourth-order valence-electron chi connectivity index (χ4n) is 1.53. The summed E-state index contributed by atoms with van der Waals surface area (Å²) >= 11 is 0.898. The monoisotopic (exact) mass is 182 g/mol. The van der Waals surface area contributed by atoms with Gasteiger partial charge >= 0.3 is 93.6 Å². The van der Waals surface area contributed by atoms with E-state index in [9.17, 15) is 10.2 Å². The van der Waals surface area contributed by atoms with Crippen LogP contribution < -0.4 is 2.81 Å². The van der Waals surface area contributed by atoms with E-state index in [2.05, 4.69) is 0 Å². The topological polar surface area (TPSA) is 40.5 Å². The third kappa shape index (κ3) is 1.53. The van der Waals surface area contributed by atoms with E-state index in [1.54, 1.807) is 18.2 Å². The number of rotatable bonds is 0. The van der Waals surface area contributed by atoms with Crippen molar-refractivity contribution in [1.29, 1.82) is 0 Å². The Hall–Kier alpha value is -0.700. The number of hydrogen-bond donors (Lipinski definition) is 2. The molecule has 0 radical (unpaired) electrons. The van der Waals surface area contributed by atoms with E-state index in [1.807, 2.05) is 12.1 Å². The van der Waals surface area contributed by atoms with Crippen molar-refractivity contribution in [2.75, 3.05) is 0 Å².